The second-order valence-electron chi connectivity index (χ2n) is 6.31. The highest BCUT2D eigenvalue weighted by Crippen LogP contribution is 2.29. The number of benzene rings is 2. The number of amides is 1. The first-order chi connectivity index (χ1) is 13.2. The van der Waals surface area contributed by atoms with Crippen LogP contribution >= 0.6 is 0 Å². The lowest BCUT2D eigenvalue weighted by atomic mass is 10.1. The monoisotopic (exact) mass is 366 g/mol. The van der Waals surface area contributed by atoms with Gasteiger partial charge in [-0.15, -0.1) is 0 Å². The number of nitrogens with zero attached hydrogens (tertiary/aromatic N) is 1. The third-order valence-electron chi connectivity index (χ3n) is 4.46. The molecule has 3 aromatic rings. The van der Waals surface area contributed by atoms with Crippen molar-refractivity contribution in [1.82, 2.24) is 9.88 Å². The normalized spacial score (nSPS) is 12.9. The molecule has 0 fully saturated rings. The van der Waals surface area contributed by atoms with Gasteiger partial charge in [0.2, 0.25) is 0 Å². The molecule has 0 bridgehead atoms. The van der Waals surface area contributed by atoms with E-state index in [1.54, 1.807) is 12.1 Å². The summed E-state index contributed by atoms with van der Waals surface area (Å²) in [6.45, 7) is 0.879. The molecule has 0 atom stereocenters. The number of ether oxygens (including phenoxy) is 2. The van der Waals surface area contributed by atoms with E-state index in [-0.39, 0.29) is 18.5 Å². The molecular weight excluding hydrogens is 347 g/mol. The molecule has 2 aromatic carbocycles. The van der Waals surface area contributed by atoms with Crippen LogP contribution in [0.15, 0.2) is 60.9 Å². The van der Waals surface area contributed by atoms with E-state index < -0.39 is 0 Å². The van der Waals surface area contributed by atoms with Crippen LogP contribution in [0.5, 0.6) is 5.75 Å². The minimum absolute atomic E-state index is 0.158. The van der Waals surface area contributed by atoms with E-state index in [0.717, 1.165) is 11.3 Å². The zero-order chi connectivity index (χ0) is 18.6. The summed E-state index contributed by atoms with van der Waals surface area (Å²) in [5.41, 5.74) is 3.00. The summed E-state index contributed by atoms with van der Waals surface area (Å²) in [6, 6.07) is 14.1. The van der Waals surface area contributed by atoms with Crippen molar-refractivity contribution in [3.63, 3.8) is 0 Å². The Morgan fingerprint density at radius 2 is 1.93 bits per heavy atom. The van der Waals surface area contributed by atoms with E-state index in [9.17, 15) is 9.18 Å². The van der Waals surface area contributed by atoms with Crippen LogP contribution < -0.4 is 10.1 Å². The summed E-state index contributed by atoms with van der Waals surface area (Å²) in [7, 11) is 0. The van der Waals surface area contributed by atoms with Gasteiger partial charge in [-0.1, -0.05) is 0 Å². The molecule has 27 heavy (non-hydrogen) atoms. The minimum Gasteiger partial charge on any atom is -0.467 e. The second kappa shape index (κ2) is 7.63. The molecule has 0 aliphatic carbocycles. The van der Waals surface area contributed by atoms with E-state index in [2.05, 4.69) is 5.32 Å². The van der Waals surface area contributed by atoms with Crippen LogP contribution in [0.1, 0.15) is 21.5 Å². The fourth-order valence-corrected chi connectivity index (χ4v) is 3.15. The van der Waals surface area contributed by atoms with Crippen LogP contribution in [-0.2, 0) is 17.8 Å². The SMILES string of the molecule is O=C(NCCc1cc(F)cc2c1OCOC2)c1ccc(-n2cccc2)cc1. The van der Waals surface area contributed by atoms with Gasteiger partial charge in [0.1, 0.15) is 11.6 Å². The highest BCUT2D eigenvalue weighted by Gasteiger charge is 2.17. The van der Waals surface area contributed by atoms with Gasteiger partial charge >= 0.3 is 0 Å². The second-order valence-corrected chi connectivity index (χ2v) is 6.31. The van der Waals surface area contributed by atoms with Crippen LogP contribution in [-0.4, -0.2) is 23.8 Å². The third-order valence-corrected chi connectivity index (χ3v) is 4.46. The topological polar surface area (TPSA) is 52.5 Å². The van der Waals surface area contributed by atoms with Crippen molar-refractivity contribution < 1.29 is 18.7 Å². The van der Waals surface area contributed by atoms with Gasteiger partial charge in [-0.25, -0.2) is 4.39 Å². The highest BCUT2D eigenvalue weighted by molar-refractivity contribution is 5.94. The van der Waals surface area contributed by atoms with Crippen molar-refractivity contribution in [3.8, 4) is 11.4 Å². The van der Waals surface area contributed by atoms with Crippen LogP contribution in [0, 0.1) is 5.82 Å². The standard InChI is InChI=1S/C21H19FN2O3/c22-18-11-16(20-17(12-18)13-26-14-27-20)7-8-23-21(25)15-3-5-19(6-4-15)24-9-1-2-10-24/h1-6,9-12H,7-8,13-14H2,(H,23,25). The zero-order valence-corrected chi connectivity index (χ0v) is 14.7. The summed E-state index contributed by atoms with van der Waals surface area (Å²) in [6.07, 6.45) is 4.37. The summed E-state index contributed by atoms with van der Waals surface area (Å²) in [4.78, 5) is 12.3. The third kappa shape index (κ3) is 3.85. The van der Waals surface area contributed by atoms with Crippen LogP contribution in [0.3, 0.4) is 0 Å². The molecule has 1 amide bonds. The van der Waals surface area contributed by atoms with Crippen molar-refractivity contribution in [2.24, 2.45) is 0 Å². The van der Waals surface area contributed by atoms with Crippen molar-refractivity contribution in [3.05, 3.63) is 83.4 Å². The first-order valence-corrected chi connectivity index (χ1v) is 8.74. The quantitative estimate of drug-likeness (QED) is 0.752. The molecule has 1 aliphatic rings. The lowest BCUT2D eigenvalue weighted by molar-refractivity contribution is -0.0172. The molecule has 1 N–H and O–H groups in total. The summed E-state index contributed by atoms with van der Waals surface area (Å²) >= 11 is 0. The number of hydrogen-bond acceptors (Lipinski definition) is 3. The van der Waals surface area contributed by atoms with Crippen LogP contribution in [0.25, 0.3) is 5.69 Å². The predicted molar refractivity (Wildman–Crippen MR) is 98.5 cm³/mol. The van der Waals surface area contributed by atoms with Crippen LogP contribution in [0.2, 0.25) is 0 Å². The van der Waals surface area contributed by atoms with E-state index in [1.807, 2.05) is 41.2 Å². The average Bonchev–Trinajstić information content (AvgIpc) is 3.22. The molecular formula is C21H19FN2O3. The maximum absolute atomic E-state index is 13.8. The fraction of sp³-hybridized carbons (Fsp3) is 0.190. The molecule has 0 unspecified atom stereocenters. The first kappa shape index (κ1) is 17.3. The maximum Gasteiger partial charge on any atom is 0.251 e. The molecule has 138 valence electrons. The van der Waals surface area contributed by atoms with Gasteiger partial charge in [0.25, 0.3) is 5.91 Å². The van der Waals surface area contributed by atoms with Gasteiger partial charge in [-0.05, 0) is 60.5 Å². The number of aromatic nitrogens is 1. The molecule has 1 aliphatic heterocycles. The van der Waals surface area contributed by atoms with Crippen LogP contribution in [0.4, 0.5) is 4.39 Å². The van der Waals surface area contributed by atoms with E-state index in [1.165, 1.54) is 12.1 Å². The molecule has 0 radical (unpaired) electrons. The summed E-state index contributed by atoms with van der Waals surface area (Å²) in [5.74, 6) is 0.168. The van der Waals surface area contributed by atoms with Gasteiger partial charge in [-0.3, -0.25) is 4.79 Å². The Bertz CT molecular complexity index is 937. The Kier molecular flexibility index (Phi) is 4.89. The molecule has 2 heterocycles. The Labute approximate surface area is 156 Å². The van der Waals surface area contributed by atoms with Gasteiger partial charge in [0.15, 0.2) is 6.79 Å². The highest BCUT2D eigenvalue weighted by atomic mass is 19.1. The smallest absolute Gasteiger partial charge is 0.251 e. The lowest BCUT2D eigenvalue weighted by Gasteiger charge is -2.21. The number of hydrogen-bond donors (Lipinski definition) is 1. The Balaban J connectivity index is 1.38. The predicted octanol–water partition coefficient (Wildman–Crippen LogP) is 3.46. The van der Waals surface area contributed by atoms with Gasteiger partial charge in [-0.2, -0.15) is 0 Å². The number of fused-ring (bicyclic) bond motifs is 1. The molecule has 0 spiro atoms. The number of carbonyl (C=O) groups is 1. The molecule has 5 nitrogen and oxygen atoms in total. The Morgan fingerprint density at radius 3 is 2.70 bits per heavy atom. The molecule has 0 saturated carbocycles. The molecule has 1 aromatic heterocycles. The Morgan fingerprint density at radius 1 is 1.15 bits per heavy atom. The number of rotatable bonds is 5. The zero-order valence-electron chi connectivity index (χ0n) is 14.7. The molecule has 4 rings (SSSR count). The minimum atomic E-state index is -0.329. The Hall–Kier alpha value is -3.12. The molecule has 6 heteroatoms. The largest absolute Gasteiger partial charge is 0.467 e. The average molecular weight is 366 g/mol. The number of carbonyl (C=O) groups excluding carboxylic acids is 1. The van der Waals surface area contributed by atoms with E-state index in [0.29, 0.717) is 36.4 Å². The van der Waals surface area contributed by atoms with E-state index in [4.69, 9.17) is 9.47 Å². The van der Waals surface area contributed by atoms with Gasteiger partial charge in [0.05, 0.1) is 6.61 Å². The number of nitrogens with one attached hydrogen (secondary N) is 1. The van der Waals surface area contributed by atoms with E-state index >= 15 is 0 Å². The van der Waals surface area contributed by atoms with Crippen molar-refractivity contribution in [2.75, 3.05) is 13.3 Å². The number of halogens is 1. The van der Waals surface area contributed by atoms with Gasteiger partial charge < -0.3 is 19.4 Å². The van der Waals surface area contributed by atoms with Crippen molar-refractivity contribution in [1.29, 1.82) is 0 Å². The fourth-order valence-electron chi connectivity index (χ4n) is 3.15. The first-order valence-electron chi connectivity index (χ1n) is 8.74. The maximum atomic E-state index is 13.8. The van der Waals surface area contributed by atoms with Crippen molar-refractivity contribution >= 4 is 5.91 Å². The summed E-state index contributed by atoms with van der Waals surface area (Å²) < 4.78 is 26.4. The van der Waals surface area contributed by atoms with Crippen molar-refractivity contribution in [2.45, 2.75) is 13.0 Å². The molecule has 0 saturated heterocycles. The van der Waals surface area contributed by atoms with Gasteiger partial charge in [0, 0.05) is 35.8 Å². The summed E-state index contributed by atoms with van der Waals surface area (Å²) in [5, 5.41) is 2.87. The lowest BCUT2D eigenvalue weighted by Crippen LogP contribution is -2.26.